The molecule has 0 aromatic rings. The van der Waals surface area contributed by atoms with Crippen molar-refractivity contribution < 1.29 is 44.4 Å². The Balaban J connectivity index is 3.22. The lowest BCUT2D eigenvalue weighted by Crippen LogP contribution is -2.48. The average molecular weight is 386 g/mol. The molecule has 1 aliphatic carbocycles. The highest BCUT2D eigenvalue weighted by Gasteiger charge is 2.52. The number of carbonyl (C=O) groups excluding carboxylic acids is 1. The van der Waals surface area contributed by atoms with Crippen LogP contribution in [0.4, 0.5) is 0 Å². The van der Waals surface area contributed by atoms with Gasteiger partial charge in [-0.25, -0.2) is 0 Å². The average Bonchev–Trinajstić information content (AvgIpc) is 2.57. The monoisotopic (exact) mass is 386 g/mol. The van der Waals surface area contributed by atoms with Crippen LogP contribution in [-0.4, -0.2) is 50.1 Å². The van der Waals surface area contributed by atoms with Gasteiger partial charge in [-0.3, -0.25) is 24.0 Å². The molecule has 0 atom stereocenters. The number of ketones is 1. The maximum absolute atomic E-state index is 13.4. The molecular weight excluding hydrogens is 360 g/mol. The van der Waals surface area contributed by atoms with Gasteiger partial charge in [-0.1, -0.05) is 6.42 Å². The van der Waals surface area contributed by atoms with E-state index in [1.54, 1.807) is 0 Å². The Hall–Kier alpha value is -2.45. The summed E-state index contributed by atoms with van der Waals surface area (Å²) in [5, 5.41) is 36.1. The van der Waals surface area contributed by atoms with Crippen LogP contribution in [0.2, 0.25) is 0 Å². The first-order valence-corrected chi connectivity index (χ1v) is 8.95. The van der Waals surface area contributed by atoms with Gasteiger partial charge in [-0.2, -0.15) is 0 Å². The van der Waals surface area contributed by atoms with Gasteiger partial charge in [0.05, 0.1) is 0 Å². The van der Waals surface area contributed by atoms with Gasteiger partial charge in [0.15, 0.2) is 0 Å². The molecule has 1 rings (SSSR count). The fourth-order valence-corrected chi connectivity index (χ4v) is 4.14. The molecule has 9 nitrogen and oxygen atoms in total. The van der Waals surface area contributed by atoms with Crippen molar-refractivity contribution in [2.24, 2.45) is 10.8 Å². The van der Waals surface area contributed by atoms with Gasteiger partial charge in [-0.15, -0.1) is 0 Å². The number of Topliss-reactive ketones (excluding diaryl/α,β-unsaturated/α-hetero) is 1. The van der Waals surface area contributed by atoms with E-state index in [1.165, 1.54) is 0 Å². The first kappa shape index (κ1) is 22.6. The van der Waals surface area contributed by atoms with E-state index in [-0.39, 0.29) is 57.1 Å². The minimum Gasteiger partial charge on any atom is -0.481 e. The van der Waals surface area contributed by atoms with Gasteiger partial charge in [0.1, 0.15) is 5.78 Å². The highest BCUT2D eigenvalue weighted by molar-refractivity contribution is 5.92. The Bertz CT molecular complexity index is 522. The van der Waals surface area contributed by atoms with E-state index in [0.29, 0.717) is 19.3 Å². The summed E-state index contributed by atoms with van der Waals surface area (Å²) in [6, 6.07) is 0. The van der Waals surface area contributed by atoms with Crippen molar-refractivity contribution in [1.29, 1.82) is 0 Å². The quantitative estimate of drug-likeness (QED) is 0.393. The summed E-state index contributed by atoms with van der Waals surface area (Å²) in [6.07, 6.45) is -0.205. The molecule has 27 heavy (non-hydrogen) atoms. The third kappa shape index (κ3) is 6.33. The molecule has 0 heterocycles. The molecule has 0 unspecified atom stereocenters. The standard InChI is InChI=1S/C18H26O9/c19-12(20)2-8-17(9-3-13(21)22)6-1-7-18(16(17)27,10-4-14(23)24)11-5-15(25)26/h1-11H2,(H,19,20)(H,21,22)(H,23,24)(H,25,26). The van der Waals surface area contributed by atoms with E-state index in [2.05, 4.69) is 0 Å². The van der Waals surface area contributed by atoms with Gasteiger partial charge in [0, 0.05) is 36.5 Å². The zero-order chi connectivity index (χ0) is 20.7. The summed E-state index contributed by atoms with van der Waals surface area (Å²) in [5.74, 6) is -4.80. The van der Waals surface area contributed by atoms with Crippen molar-refractivity contribution in [2.75, 3.05) is 0 Å². The molecule has 0 aromatic heterocycles. The van der Waals surface area contributed by atoms with E-state index in [4.69, 9.17) is 20.4 Å². The van der Waals surface area contributed by atoms with Gasteiger partial charge in [0.25, 0.3) is 0 Å². The van der Waals surface area contributed by atoms with Crippen molar-refractivity contribution in [1.82, 2.24) is 0 Å². The van der Waals surface area contributed by atoms with E-state index < -0.39 is 34.7 Å². The van der Waals surface area contributed by atoms with E-state index in [1.807, 2.05) is 0 Å². The van der Waals surface area contributed by atoms with Crippen molar-refractivity contribution >= 4 is 29.7 Å². The maximum atomic E-state index is 13.4. The lowest BCUT2D eigenvalue weighted by Gasteiger charge is -2.46. The van der Waals surface area contributed by atoms with Crippen LogP contribution in [0.5, 0.6) is 0 Å². The predicted octanol–water partition coefficient (Wildman–Crippen LogP) is 2.17. The number of carboxylic acids is 4. The minimum atomic E-state index is -1.17. The summed E-state index contributed by atoms with van der Waals surface area (Å²) in [5.41, 5.74) is -2.35. The van der Waals surface area contributed by atoms with Crippen LogP contribution in [0.15, 0.2) is 0 Å². The van der Waals surface area contributed by atoms with Gasteiger partial charge < -0.3 is 20.4 Å². The topological polar surface area (TPSA) is 166 Å². The summed E-state index contributed by atoms with van der Waals surface area (Å²) >= 11 is 0. The molecule has 0 amide bonds. The number of hydrogen-bond donors (Lipinski definition) is 4. The second-order valence-electron chi connectivity index (χ2n) is 7.32. The molecule has 1 saturated carbocycles. The van der Waals surface area contributed by atoms with Crippen LogP contribution >= 0.6 is 0 Å². The van der Waals surface area contributed by atoms with E-state index >= 15 is 0 Å². The summed E-state index contributed by atoms with van der Waals surface area (Å²) in [4.78, 5) is 57.6. The zero-order valence-electron chi connectivity index (χ0n) is 15.1. The smallest absolute Gasteiger partial charge is 0.303 e. The van der Waals surface area contributed by atoms with Crippen LogP contribution < -0.4 is 0 Å². The SMILES string of the molecule is O=C(O)CCC1(CCC(=O)O)CCCC(CCC(=O)O)(CCC(=O)O)C1=O. The van der Waals surface area contributed by atoms with Gasteiger partial charge in [-0.05, 0) is 38.5 Å². The van der Waals surface area contributed by atoms with Crippen LogP contribution in [0.25, 0.3) is 0 Å². The molecule has 4 N–H and O–H groups in total. The Labute approximate surface area is 156 Å². The molecule has 0 bridgehead atoms. The summed E-state index contributed by atoms with van der Waals surface area (Å²) in [7, 11) is 0. The second-order valence-corrected chi connectivity index (χ2v) is 7.32. The van der Waals surface area contributed by atoms with Crippen LogP contribution in [0, 0.1) is 10.8 Å². The van der Waals surface area contributed by atoms with Crippen molar-refractivity contribution in [3.63, 3.8) is 0 Å². The minimum absolute atomic E-state index is 0.0314. The molecular formula is C18H26O9. The van der Waals surface area contributed by atoms with E-state index in [0.717, 1.165) is 0 Å². The molecule has 152 valence electrons. The van der Waals surface area contributed by atoms with Crippen LogP contribution in [0.3, 0.4) is 0 Å². The largest absolute Gasteiger partial charge is 0.481 e. The van der Waals surface area contributed by atoms with Crippen LogP contribution in [0.1, 0.15) is 70.6 Å². The fraction of sp³-hybridized carbons (Fsp3) is 0.722. The predicted molar refractivity (Wildman–Crippen MR) is 91.2 cm³/mol. The first-order valence-electron chi connectivity index (χ1n) is 8.95. The third-order valence-corrected chi connectivity index (χ3v) is 5.54. The molecule has 1 fully saturated rings. The molecule has 0 radical (unpaired) electrons. The maximum Gasteiger partial charge on any atom is 0.303 e. The van der Waals surface area contributed by atoms with Crippen molar-refractivity contribution in [3.05, 3.63) is 0 Å². The summed E-state index contributed by atoms with van der Waals surface area (Å²) < 4.78 is 0. The van der Waals surface area contributed by atoms with Crippen LogP contribution in [-0.2, 0) is 24.0 Å². The van der Waals surface area contributed by atoms with E-state index in [9.17, 15) is 24.0 Å². The Morgan fingerprint density at radius 3 is 1.11 bits per heavy atom. The molecule has 1 aliphatic rings. The molecule has 0 saturated heterocycles. The second kappa shape index (κ2) is 9.48. The highest BCUT2D eigenvalue weighted by Crippen LogP contribution is 2.52. The summed E-state index contributed by atoms with van der Waals surface area (Å²) in [6.45, 7) is 0. The number of hydrogen-bond acceptors (Lipinski definition) is 5. The first-order chi connectivity index (χ1) is 12.5. The van der Waals surface area contributed by atoms with Gasteiger partial charge >= 0.3 is 23.9 Å². The Morgan fingerprint density at radius 2 is 0.889 bits per heavy atom. The lowest BCUT2D eigenvalue weighted by atomic mass is 9.55. The normalized spacial score (nSPS) is 18.0. The number of carboxylic acid groups (broad SMARTS) is 4. The third-order valence-electron chi connectivity index (χ3n) is 5.54. The Kier molecular flexibility index (Phi) is 7.93. The zero-order valence-corrected chi connectivity index (χ0v) is 15.1. The molecule has 0 spiro atoms. The molecule has 0 aliphatic heterocycles. The number of aliphatic carboxylic acids is 4. The van der Waals surface area contributed by atoms with Crippen molar-refractivity contribution in [2.45, 2.75) is 70.6 Å². The highest BCUT2D eigenvalue weighted by atomic mass is 16.4. The molecule has 0 aromatic carbocycles. The Morgan fingerprint density at radius 1 is 0.630 bits per heavy atom. The fourth-order valence-electron chi connectivity index (χ4n) is 4.14. The lowest BCUT2D eigenvalue weighted by molar-refractivity contribution is -0.150. The molecule has 9 heteroatoms. The van der Waals surface area contributed by atoms with Gasteiger partial charge in [0.2, 0.25) is 0 Å². The number of rotatable bonds is 12. The van der Waals surface area contributed by atoms with Crippen molar-refractivity contribution in [3.8, 4) is 0 Å². The number of carbonyl (C=O) groups is 5.